The zero-order chi connectivity index (χ0) is 13.9. The summed E-state index contributed by atoms with van der Waals surface area (Å²) in [6, 6.07) is 8.53. The molecular weight excluding hydrogens is 234 g/mol. The Morgan fingerprint density at radius 3 is 2.42 bits per heavy atom. The number of ether oxygens (including phenoxy) is 1. The Bertz CT molecular complexity index is 321. The fraction of sp³-hybridized carbons (Fsp3) is 0.647. The van der Waals surface area contributed by atoms with E-state index in [0.29, 0.717) is 0 Å². The molecule has 19 heavy (non-hydrogen) atoms. The van der Waals surface area contributed by atoms with Crippen LogP contribution in [0.1, 0.15) is 45.6 Å². The Kier molecular flexibility index (Phi) is 8.31. The van der Waals surface area contributed by atoms with Crippen LogP contribution in [0.25, 0.3) is 0 Å². The first-order chi connectivity index (χ1) is 9.26. The molecule has 0 fully saturated rings. The zero-order valence-corrected chi connectivity index (χ0v) is 12.7. The first kappa shape index (κ1) is 16.0. The van der Waals surface area contributed by atoms with E-state index in [-0.39, 0.29) is 0 Å². The van der Waals surface area contributed by atoms with Gasteiger partial charge in [-0.2, -0.15) is 0 Å². The maximum atomic E-state index is 5.45. The highest BCUT2D eigenvalue weighted by molar-refractivity contribution is 5.27. The summed E-state index contributed by atoms with van der Waals surface area (Å²) in [7, 11) is 0. The molecule has 1 N–H and O–H groups in total. The minimum atomic E-state index is 0.737. The van der Waals surface area contributed by atoms with Crippen molar-refractivity contribution in [3.8, 4) is 5.75 Å². The Labute approximate surface area is 118 Å². The Balaban J connectivity index is 2.20. The number of aryl methyl sites for hydroxylation is 1. The normalized spacial score (nSPS) is 12.4. The van der Waals surface area contributed by atoms with Crippen molar-refractivity contribution >= 4 is 0 Å². The zero-order valence-electron chi connectivity index (χ0n) is 12.7. The van der Waals surface area contributed by atoms with Gasteiger partial charge in [0, 0.05) is 0 Å². The summed E-state index contributed by atoms with van der Waals surface area (Å²) in [5.41, 5.74) is 1.41. The maximum absolute atomic E-state index is 5.45. The van der Waals surface area contributed by atoms with Gasteiger partial charge < -0.3 is 10.1 Å². The van der Waals surface area contributed by atoms with Crippen LogP contribution in [0.2, 0.25) is 0 Å². The highest BCUT2D eigenvalue weighted by Gasteiger charge is 2.03. The van der Waals surface area contributed by atoms with Crippen molar-refractivity contribution in [1.82, 2.24) is 5.32 Å². The van der Waals surface area contributed by atoms with E-state index in [1.54, 1.807) is 0 Å². The lowest BCUT2D eigenvalue weighted by Crippen LogP contribution is -2.18. The van der Waals surface area contributed by atoms with E-state index in [1.165, 1.54) is 31.2 Å². The third-order valence-corrected chi connectivity index (χ3v) is 3.40. The fourth-order valence-electron chi connectivity index (χ4n) is 2.13. The van der Waals surface area contributed by atoms with Crippen LogP contribution in [0.3, 0.4) is 0 Å². The molecule has 2 nitrogen and oxygen atoms in total. The van der Waals surface area contributed by atoms with E-state index in [1.807, 2.05) is 6.92 Å². The molecule has 0 saturated carbocycles. The van der Waals surface area contributed by atoms with Gasteiger partial charge in [0.05, 0.1) is 6.61 Å². The second-order valence-corrected chi connectivity index (χ2v) is 5.26. The SMILES string of the molecule is CCCNCCC(C)CCc1ccc(OCC)cc1. The highest BCUT2D eigenvalue weighted by atomic mass is 16.5. The quantitative estimate of drug-likeness (QED) is 0.643. The van der Waals surface area contributed by atoms with Crippen LogP contribution in [0, 0.1) is 5.92 Å². The van der Waals surface area contributed by atoms with Crippen molar-refractivity contribution in [2.24, 2.45) is 5.92 Å². The van der Waals surface area contributed by atoms with Gasteiger partial charge in [0.2, 0.25) is 0 Å². The number of hydrogen-bond donors (Lipinski definition) is 1. The van der Waals surface area contributed by atoms with E-state index in [2.05, 4.69) is 43.4 Å². The average molecular weight is 263 g/mol. The minimum Gasteiger partial charge on any atom is -0.494 e. The number of nitrogens with one attached hydrogen (secondary N) is 1. The fourth-order valence-corrected chi connectivity index (χ4v) is 2.13. The van der Waals surface area contributed by atoms with Gasteiger partial charge in [-0.15, -0.1) is 0 Å². The summed E-state index contributed by atoms with van der Waals surface area (Å²) in [5.74, 6) is 1.76. The van der Waals surface area contributed by atoms with Crippen molar-refractivity contribution in [3.05, 3.63) is 29.8 Å². The third kappa shape index (κ3) is 7.22. The third-order valence-electron chi connectivity index (χ3n) is 3.40. The molecule has 0 saturated heterocycles. The second kappa shape index (κ2) is 9.85. The van der Waals surface area contributed by atoms with Gasteiger partial charge in [0.15, 0.2) is 0 Å². The Morgan fingerprint density at radius 2 is 1.79 bits per heavy atom. The van der Waals surface area contributed by atoms with E-state index < -0.39 is 0 Å². The maximum Gasteiger partial charge on any atom is 0.119 e. The molecule has 1 atom stereocenters. The molecule has 0 aliphatic carbocycles. The lowest BCUT2D eigenvalue weighted by atomic mass is 9.98. The smallest absolute Gasteiger partial charge is 0.119 e. The molecule has 0 aliphatic rings. The molecule has 0 heterocycles. The predicted octanol–water partition coefficient (Wildman–Crippen LogP) is 4.04. The first-order valence-corrected chi connectivity index (χ1v) is 7.68. The van der Waals surface area contributed by atoms with Gasteiger partial charge in [-0.05, 0) is 69.3 Å². The molecule has 1 aromatic rings. The molecule has 1 unspecified atom stereocenters. The van der Waals surface area contributed by atoms with E-state index in [0.717, 1.165) is 31.4 Å². The molecule has 0 amide bonds. The molecule has 0 bridgehead atoms. The largest absolute Gasteiger partial charge is 0.494 e. The van der Waals surface area contributed by atoms with Crippen LogP contribution in [0.15, 0.2) is 24.3 Å². The lowest BCUT2D eigenvalue weighted by Gasteiger charge is -2.12. The van der Waals surface area contributed by atoms with Gasteiger partial charge in [0.25, 0.3) is 0 Å². The summed E-state index contributed by atoms with van der Waals surface area (Å²) in [6.45, 7) is 9.61. The molecule has 1 rings (SSSR count). The van der Waals surface area contributed by atoms with Crippen molar-refractivity contribution in [1.29, 1.82) is 0 Å². The second-order valence-electron chi connectivity index (χ2n) is 5.26. The summed E-state index contributed by atoms with van der Waals surface area (Å²) >= 11 is 0. The topological polar surface area (TPSA) is 21.3 Å². The van der Waals surface area contributed by atoms with Crippen LogP contribution in [0.5, 0.6) is 5.75 Å². The van der Waals surface area contributed by atoms with Crippen LogP contribution in [-0.4, -0.2) is 19.7 Å². The standard InChI is InChI=1S/C17H29NO/c1-4-13-18-14-12-15(3)6-7-16-8-10-17(11-9-16)19-5-2/h8-11,15,18H,4-7,12-14H2,1-3H3. The number of benzene rings is 1. The molecule has 0 radical (unpaired) electrons. The van der Waals surface area contributed by atoms with Gasteiger partial charge in [-0.25, -0.2) is 0 Å². The molecule has 1 aromatic carbocycles. The lowest BCUT2D eigenvalue weighted by molar-refractivity contribution is 0.340. The van der Waals surface area contributed by atoms with E-state index in [9.17, 15) is 0 Å². The molecule has 0 spiro atoms. The number of hydrogen-bond acceptors (Lipinski definition) is 2. The van der Waals surface area contributed by atoms with E-state index >= 15 is 0 Å². The predicted molar refractivity (Wildman–Crippen MR) is 82.9 cm³/mol. The van der Waals surface area contributed by atoms with Crippen molar-refractivity contribution in [3.63, 3.8) is 0 Å². The van der Waals surface area contributed by atoms with Crippen LogP contribution in [-0.2, 0) is 6.42 Å². The van der Waals surface area contributed by atoms with Crippen LogP contribution in [0.4, 0.5) is 0 Å². The van der Waals surface area contributed by atoms with Gasteiger partial charge in [-0.1, -0.05) is 26.0 Å². The summed E-state index contributed by atoms with van der Waals surface area (Å²) in [4.78, 5) is 0. The first-order valence-electron chi connectivity index (χ1n) is 7.68. The highest BCUT2D eigenvalue weighted by Crippen LogP contribution is 2.16. The monoisotopic (exact) mass is 263 g/mol. The number of rotatable bonds is 10. The molecule has 0 aromatic heterocycles. The van der Waals surface area contributed by atoms with E-state index in [4.69, 9.17) is 4.74 Å². The van der Waals surface area contributed by atoms with Crippen molar-refractivity contribution in [2.75, 3.05) is 19.7 Å². The Morgan fingerprint density at radius 1 is 1.05 bits per heavy atom. The summed E-state index contributed by atoms with van der Waals surface area (Å²) in [5, 5.41) is 3.47. The molecular formula is C17H29NO. The Hall–Kier alpha value is -1.02. The van der Waals surface area contributed by atoms with Crippen LogP contribution >= 0.6 is 0 Å². The minimum absolute atomic E-state index is 0.737. The van der Waals surface area contributed by atoms with Crippen molar-refractivity contribution in [2.45, 2.75) is 46.5 Å². The van der Waals surface area contributed by atoms with Crippen LogP contribution < -0.4 is 10.1 Å². The van der Waals surface area contributed by atoms with Gasteiger partial charge >= 0.3 is 0 Å². The molecule has 108 valence electrons. The van der Waals surface area contributed by atoms with Crippen molar-refractivity contribution < 1.29 is 4.74 Å². The van der Waals surface area contributed by atoms with Gasteiger partial charge in [0.1, 0.15) is 5.75 Å². The summed E-state index contributed by atoms with van der Waals surface area (Å²) < 4.78 is 5.45. The molecule has 2 heteroatoms. The van der Waals surface area contributed by atoms with Gasteiger partial charge in [-0.3, -0.25) is 0 Å². The average Bonchev–Trinajstić information content (AvgIpc) is 2.43. The molecule has 0 aliphatic heterocycles. The summed E-state index contributed by atoms with van der Waals surface area (Å²) in [6.07, 6.45) is 4.93.